The number of likely N-dealkylation sites (N-methyl/N-ethyl adjacent to an activating group) is 1. The zero-order chi connectivity index (χ0) is 24.0. The van der Waals surface area contributed by atoms with Crippen LogP contribution >= 0.6 is 0 Å². The minimum atomic E-state index is -3.70. The smallest absolute Gasteiger partial charge is 0.263 e. The largest absolute Gasteiger partial charge is 0.497 e. The van der Waals surface area contributed by atoms with E-state index in [0.717, 1.165) is 12.8 Å². The van der Waals surface area contributed by atoms with Crippen LogP contribution in [0, 0.1) is 0 Å². The Bertz CT molecular complexity index is 1150. The molecule has 0 aromatic heterocycles. The predicted octanol–water partition coefficient (Wildman–Crippen LogP) is 2.39. The summed E-state index contributed by atoms with van der Waals surface area (Å²) in [6.07, 6.45) is 2.01. The van der Waals surface area contributed by atoms with Gasteiger partial charge in [0, 0.05) is 18.3 Å². The number of unbranched alkanes of at least 4 members (excludes halogenated alkanes) is 1. The van der Waals surface area contributed by atoms with Crippen molar-refractivity contribution in [3.8, 4) is 5.75 Å². The van der Waals surface area contributed by atoms with E-state index in [1.807, 2.05) is 6.92 Å². The third kappa shape index (κ3) is 5.89. The van der Waals surface area contributed by atoms with Crippen LogP contribution in [0.1, 0.15) is 31.7 Å². The Hall–Kier alpha value is -3.40. The zero-order valence-corrected chi connectivity index (χ0v) is 19.7. The Balaban J connectivity index is 1.73. The number of hydrogen-bond donors (Lipinski definition) is 2. The number of ether oxygens (including phenoxy) is 1. The summed E-state index contributed by atoms with van der Waals surface area (Å²) in [6.45, 7) is 1.83. The van der Waals surface area contributed by atoms with E-state index in [1.165, 1.54) is 18.0 Å². The number of carbonyl (C=O) groups excluding carboxylic acids is 2. The molecule has 1 heterocycles. The van der Waals surface area contributed by atoms with Crippen molar-refractivity contribution in [1.29, 1.82) is 0 Å². The maximum atomic E-state index is 13.1. The summed E-state index contributed by atoms with van der Waals surface area (Å²) in [6, 6.07) is 12.6. The van der Waals surface area contributed by atoms with Gasteiger partial charge < -0.3 is 15.0 Å². The van der Waals surface area contributed by atoms with Crippen LogP contribution in [0.15, 0.2) is 58.4 Å². The second-order valence-electron chi connectivity index (χ2n) is 7.71. The molecule has 3 rings (SSSR count). The number of benzene rings is 2. The van der Waals surface area contributed by atoms with Gasteiger partial charge in [0.25, 0.3) is 10.0 Å². The summed E-state index contributed by atoms with van der Waals surface area (Å²) in [5.74, 6) is 0.104. The number of methoxy groups -OCH3 is 1. The minimum absolute atomic E-state index is 0.137. The van der Waals surface area contributed by atoms with Crippen molar-refractivity contribution in [2.24, 2.45) is 4.99 Å². The number of nitrogens with one attached hydrogen (secondary N) is 2. The lowest BCUT2D eigenvalue weighted by Crippen LogP contribution is -2.41. The minimum Gasteiger partial charge on any atom is -0.497 e. The van der Waals surface area contributed by atoms with Crippen molar-refractivity contribution >= 4 is 33.4 Å². The Morgan fingerprint density at radius 2 is 1.85 bits per heavy atom. The van der Waals surface area contributed by atoms with Gasteiger partial charge in [-0.2, -0.15) is 0 Å². The highest BCUT2D eigenvalue weighted by atomic mass is 32.2. The molecule has 1 aliphatic rings. The molecule has 2 N–H and O–H groups in total. The maximum Gasteiger partial charge on any atom is 0.263 e. The van der Waals surface area contributed by atoms with Gasteiger partial charge in [-0.25, -0.2) is 8.42 Å². The molecule has 1 aliphatic heterocycles. The number of amides is 2. The molecule has 2 amide bonds. The monoisotopic (exact) mass is 472 g/mol. The van der Waals surface area contributed by atoms with Crippen molar-refractivity contribution in [3.05, 3.63) is 54.1 Å². The Morgan fingerprint density at radius 3 is 2.52 bits per heavy atom. The van der Waals surface area contributed by atoms with Crippen LogP contribution in [0.4, 0.5) is 5.69 Å². The van der Waals surface area contributed by atoms with Crippen LogP contribution in [0.3, 0.4) is 0 Å². The Morgan fingerprint density at radius 1 is 1.15 bits per heavy atom. The first kappa shape index (κ1) is 24.2. The quantitative estimate of drug-likeness (QED) is 0.581. The molecule has 0 spiro atoms. The SMILES string of the molecule is CCCC[C@@H](N=C1NS(=O)(=O)c2ccccc21)C(=O)N(C)CC(=O)Nc1ccc(OC)cc1. The summed E-state index contributed by atoms with van der Waals surface area (Å²) in [4.78, 5) is 31.5. The van der Waals surface area contributed by atoms with Crippen molar-refractivity contribution in [2.75, 3.05) is 26.0 Å². The molecule has 2 aromatic carbocycles. The number of aliphatic imine (C=N–C) groups is 1. The molecule has 0 radical (unpaired) electrons. The molecule has 33 heavy (non-hydrogen) atoms. The fourth-order valence-electron chi connectivity index (χ4n) is 3.45. The average molecular weight is 473 g/mol. The van der Waals surface area contributed by atoms with E-state index >= 15 is 0 Å². The summed E-state index contributed by atoms with van der Waals surface area (Å²) in [5.41, 5.74) is 1.02. The van der Waals surface area contributed by atoms with Gasteiger partial charge in [-0.15, -0.1) is 0 Å². The number of fused-ring (bicyclic) bond motifs is 1. The number of nitrogens with zero attached hydrogens (tertiary/aromatic N) is 2. The van der Waals surface area contributed by atoms with Gasteiger partial charge in [-0.3, -0.25) is 19.3 Å². The zero-order valence-electron chi connectivity index (χ0n) is 18.9. The van der Waals surface area contributed by atoms with E-state index in [0.29, 0.717) is 23.4 Å². The van der Waals surface area contributed by atoms with Gasteiger partial charge >= 0.3 is 0 Å². The average Bonchev–Trinajstić information content (AvgIpc) is 3.06. The highest BCUT2D eigenvalue weighted by molar-refractivity contribution is 7.90. The summed E-state index contributed by atoms with van der Waals surface area (Å²) in [7, 11) is -0.618. The highest BCUT2D eigenvalue weighted by Gasteiger charge is 2.32. The van der Waals surface area contributed by atoms with Gasteiger partial charge in [0.2, 0.25) is 11.8 Å². The number of amidine groups is 1. The van der Waals surface area contributed by atoms with E-state index in [-0.39, 0.29) is 29.1 Å². The van der Waals surface area contributed by atoms with Crippen molar-refractivity contribution < 1.29 is 22.7 Å². The van der Waals surface area contributed by atoms with Crippen LogP contribution in [-0.4, -0.2) is 57.7 Å². The van der Waals surface area contributed by atoms with Gasteiger partial charge in [-0.1, -0.05) is 31.9 Å². The first-order chi connectivity index (χ1) is 15.7. The lowest BCUT2D eigenvalue weighted by atomic mass is 10.1. The first-order valence-corrected chi connectivity index (χ1v) is 12.1. The maximum absolute atomic E-state index is 13.1. The predicted molar refractivity (Wildman–Crippen MR) is 126 cm³/mol. The molecule has 2 aromatic rings. The van der Waals surface area contributed by atoms with Gasteiger partial charge in [0.1, 0.15) is 17.6 Å². The van der Waals surface area contributed by atoms with Crippen molar-refractivity contribution in [2.45, 2.75) is 37.1 Å². The highest BCUT2D eigenvalue weighted by Crippen LogP contribution is 2.23. The molecule has 0 aliphatic carbocycles. The molecule has 9 nitrogen and oxygen atoms in total. The number of carbonyl (C=O) groups is 2. The van der Waals surface area contributed by atoms with Crippen LogP contribution in [0.25, 0.3) is 0 Å². The van der Waals surface area contributed by atoms with Crippen LogP contribution in [0.5, 0.6) is 5.75 Å². The van der Waals surface area contributed by atoms with E-state index in [4.69, 9.17) is 4.74 Å². The topological polar surface area (TPSA) is 117 Å². The molecule has 1 atom stereocenters. The molecular weight excluding hydrogens is 444 g/mol. The Labute approximate surface area is 193 Å². The van der Waals surface area contributed by atoms with Crippen LogP contribution < -0.4 is 14.8 Å². The summed E-state index contributed by atoms with van der Waals surface area (Å²) < 4.78 is 32.3. The van der Waals surface area contributed by atoms with Crippen molar-refractivity contribution in [1.82, 2.24) is 9.62 Å². The molecule has 0 bridgehead atoms. The van der Waals surface area contributed by atoms with Crippen molar-refractivity contribution in [3.63, 3.8) is 0 Å². The second-order valence-corrected chi connectivity index (χ2v) is 9.36. The van der Waals surface area contributed by atoms with E-state index in [1.54, 1.807) is 49.6 Å². The fraction of sp³-hybridized carbons (Fsp3) is 0.348. The molecule has 0 unspecified atom stereocenters. The van der Waals surface area contributed by atoms with E-state index < -0.39 is 16.1 Å². The summed E-state index contributed by atoms with van der Waals surface area (Å²) >= 11 is 0. The van der Waals surface area contributed by atoms with E-state index in [9.17, 15) is 18.0 Å². The third-order valence-corrected chi connectivity index (χ3v) is 6.59. The molecular formula is C23H28N4O5S. The molecule has 0 saturated carbocycles. The number of sulfonamides is 1. The standard InChI is InChI=1S/C23H28N4O5S/c1-4-5-9-19(25-22-18-8-6-7-10-20(18)33(30,31)26-22)23(29)27(2)15-21(28)24-16-11-13-17(32-3)14-12-16/h6-8,10-14,19H,4-5,9,15H2,1-3H3,(H,24,28)(H,25,26)/t19-/m1/s1. The van der Waals surface area contributed by atoms with Crippen LogP contribution in [0.2, 0.25) is 0 Å². The van der Waals surface area contributed by atoms with Gasteiger partial charge in [-0.05, 0) is 42.8 Å². The summed E-state index contributed by atoms with van der Waals surface area (Å²) in [5, 5.41) is 2.74. The van der Waals surface area contributed by atoms with E-state index in [2.05, 4.69) is 15.0 Å². The molecule has 0 saturated heterocycles. The Kier molecular flexibility index (Phi) is 7.70. The number of rotatable bonds is 9. The van der Waals surface area contributed by atoms with Gasteiger partial charge in [0.05, 0.1) is 18.6 Å². The fourth-order valence-corrected chi connectivity index (χ4v) is 4.69. The normalized spacial score (nSPS) is 15.9. The number of hydrogen-bond acceptors (Lipinski definition) is 6. The lowest BCUT2D eigenvalue weighted by Gasteiger charge is -2.21. The molecule has 10 heteroatoms. The van der Waals surface area contributed by atoms with Gasteiger partial charge in [0.15, 0.2) is 0 Å². The number of anilines is 1. The second kappa shape index (κ2) is 10.5. The lowest BCUT2D eigenvalue weighted by molar-refractivity contribution is -0.134. The first-order valence-electron chi connectivity index (χ1n) is 10.6. The molecule has 176 valence electrons. The third-order valence-electron chi connectivity index (χ3n) is 5.19. The van der Waals surface area contributed by atoms with Crippen LogP contribution in [-0.2, 0) is 19.6 Å². The molecule has 0 fully saturated rings.